The van der Waals surface area contributed by atoms with Crippen molar-refractivity contribution >= 4 is 0 Å². The van der Waals surface area contributed by atoms with E-state index in [0.29, 0.717) is 6.42 Å². The van der Waals surface area contributed by atoms with Gasteiger partial charge in [-0.2, -0.15) is 5.26 Å². The molecule has 1 aromatic carbocycles. The zero-order chi connectivity index (χ0) is 16.3. The molecule has 0 atom stereocenters. The molecule has 0 unspecified atom stereocenters. The van der Waals surface area contributed by atoms with Gasteiger partial charge in [0.05, 0.1) is 12.5 Å². The van der Waals surface area contributed by atoms with Gasteiger partial charge in [-0.1, -0.05) is 76.1 Å². The monoisotopic (exact) mass is 311 g/mol. The van der Waals surface area contributed by atoms with Crippen molar-refractivity contribution in [2.24, 2.45) is 5.92 Å². The van der Waals surface area contributed by atoms with Crippen LogP contribution in [0.15, 0.2) is 24.3 Å². The van der Waals surface area contributed by atoms with Crippen molar-refractivity contribution in [2.75, 3.05) is 0 Å². The van der Waals surface area contributed by atoms with Gasteiger partial charge in [0.15, 0.2) is 0 Å². The fourth-order valence-electron chi connectivity index (χ4n) is 4.00. The van der Waals surface area contributed by atoms with E-state index in [2.05, 4.69) is 37.3 Å². The number of nitriles is 1. The maximum absolute atomic E-state index is 8.75. The molecule has 0 aromatic heterocycles. The third kappa shape index (κ3) is 6.38. The van der Waals surface area contributed by atoms with E-state index in [1.807, 2.05) is 0 Å². The van der Waals surface area contributed by atoms with Crippen molar-refractivity contribution in [1.29, 1.82) is 5.26 Å². The first kappa shape index (κ1) is 18.1. The van der Waals surface area contributed by atoms with E-state index in [1.165, 1.54) is 76.2 Å². The van der Waals surface area contributed by atoms with Crippen molar-refractivity contribution in [2.45, 2.75) is 89.9 Å². The van der Waals surface area contributed by atoms with E-state index in [1.54, 1.807) is 0 Å². The Morgan fingerprint density at radius 2 is 1.57 bits per heavy atom. The number of nitrogens with zero attached hydrogens (tertiary/aromatic N) is 1. The van der Waals surface area contributed by atoms with Crippen LogP contribution in [-0.4, -0.2) is 0 Å². The summed E-state index contributed by atoms with van der Waals surface area (Å²) >= 11 is 0. The summed E-state index contributed by atoms with van der Waals surface area (Å²) in [5.74, 6) is 1.74. The first-order valence-corrected chi connectivity index (χ1v) is 9.79. The molecule has 2 rings (SSSR count). The van der Waals surface area contributed by atoms with E-state index >= 15 is 0 Å². The first-order valence-electron chi connectivity index (χ1n) is 9.79. The van der Waals surface area contributed by atoms with Crippen molar-refractivity contribution in [3.63, 3.8) is 0 Å². The topological polar surface area (TPSA) is 23.8 Å². The number of hydrogen-bond donors (Lipinski definition) is 0. The summed E-state index contributed by atoms with van der Waals surface area (Å²) in [6, 6.07) is 11.0. The number of benzene rings is 1. The molecule has 0 saturated heterocycles. The summed E-state index contributed by atoms with van der Waals surface area (Å²) in [5, 5.41) is 8.75. The smallest absolute Gasteiger partial charge is 0.0669 e. The van der Waals surface area contributed by atoms with Crippen LogP contribution in [0.5, 0.6) is 0 Å². The van der Waals surface area contributed by atoms with Crippen LogP contribution in [0.1, 0.15) is 94.6 Å². The van der Waals surface area contributed by atoms with E-state index < -0.39 is 0 Å². The molecule has 1 aliphatic carbocycles. The lowest BCUT2D eigenvalue weighted by molar-refractivity contribution is 0.302. The van der Waals surface area contributed by atoms with Crippen molar-refractivity contribution in [3.05, 3.63) is 35.4 Å². The predicted octanol–water partition coefficient (Wildman–Crippen LogP) is 6.78. The van der Waals surface area contributed by atoms with Crippen LogP contribution in [0.2, 0.25) is 0 Å². The molecule has 1 saturated carbocycles. The van der Waals surface area contributed by atoms with Gasteiger partial charge in [-0.05, 0) is 48.6 Å². The van der Waals surface area contributed by atoms with Gasteiger partial charge in [-0.3, -0.25) is 0 Å². The maximum Gasteiger partial charge on any atom is 0.0669 e. The average Bonchev–Trinajstić information content (AvgIpc) is 2.60. The Hall–Kier alpha value is -1.29. The molecular weight excluding hydrogens is 278 g/mol. The Morgan fingerprint density at radius 3 is 2.22 bits per heavy atom. The minimum atomic E-state index is 0.533. The summed E-state index contributed by atoms with van der Waals surface area (Å²) in [6.45, 7) is 2.29. The van der Waals surface area contributed by atoms with Crippen LogP contribution in [-0.2, 0) is 6.42 Å². The Morgan fingerprint density at radius 1 is 0.913 bits per heavy atom. The molecule has 1 nitrogen and oxygen atoms in total. The van der Waals surface area contributed by atoms with Crippen molar-refractivity contribution < 1.29 is 0 Å². The lowest BCUT2D eigenvalue weighted by atomic mass is 9.77. The van der Waals surface area contributed by atoms with Crippen molar-refractivity contribution in [3.8, 4) is 6.07 Å². The molecule has 0 heterocycles. The highest BCUT2D eigenvalue weighted by molar-refractivity contribution is 5.27. The summed E-state index contributed by atoms with van der Waals surface area (Å²) in [5.41, 5.74) is 2.64. The molecule has 0 aliphatic heterocycles. The van der Waals surface area contributed by atoms with Crippen LogP contribution in [0, 0.1) is 17.2 Å². The zero-order valence-corrected chi connectivity index (χ0v) is 14.9. The third-order valence-corrected chi connectivity index (χ3v) is 5.55. The summed E-state index contributed by atoms with van der Waals surface area (Å²) in [7, 11) is 0. The molecule has 1 aromatic rings. The molecule has 0 radical (unpaired) electrons. The van der Waals surface area contributed by atoms with Crippen LogP contribution in [0.4, 0.5) is 0 Å². The third-order valence-electron chi connectivity index (χ3n) is 5.55. The minimum Gasteiger partial charge on any atom is -0.198 e. The fourth-order valence-corrected chi connectivity index (χ4v) is 4.00. The molecule has 1 heteroatoms. The number of unbranched alkanes of at least 4 members (excludes halogenated alkanes) is 5. The Kier molecular flexibility index (Phi) is 8.23. The minimum absolute atomic E-state index is 0.533. The van der Waals surface area contributed by atoms with E-state index in [-0.39, 0.29) is 0 Å². The van der Waals surface area contributed by atoms with Gasteiger partial charge < -0.3 is 0 Å². The average molecular weight is 312 g/mol. The SMILES string of the molecule is CCCCCCCCC1CCC(c2ccc(CC#N)cc2)CC1. The second-order valence-corrected chi connectivity index (χ2v) is 7.35. The Balaban J connectivity index is 1.64. The Labute approximate surface area is 143 Å². The van der Waals surface area contributed by atoms with Gasteiger partial charge in [-0.15, -0.1) is 0 Å². The van der Waals surface area contributed by atoms with Gasteiger partial charge in [0.25, 0.3) is 0 Å². The predicted molar refractivity (Wildman–Crippen MR) is 98.5 cm³/mol. The highest BCUT2D eigenvalue weighted by atomic mass is 14.3. The number of rotatable bonds is 9. The largest absolute Gasteiger partial charge is 0.198 e. The quantitative estimate of drug-likeness (QED) is 0.461. The van der Waals surface area contributed by atoms with Crippen LogP contribution >= 0.6 is 0 Å². The lowest BCUT2D eigenvalue weighted by Gasteiger charge is -2.29. The van der Waals surface area contributed by atoms with Gasteiger partial charge in [0.2, 0.25) is 0 Å². The fraction of sp³-hybridized carbons (Fsp3) is 0.682. The zero-order valence-electron chi connectivity index (χ0n) is 14.9. The van der Waals surface area contributed by atoms with Gasteiger partial charge in [-0.25, -0.2) is 0 Å². The summed E-state index contributed by atoms with van der Waals surface area (Å²) < 4.78 is 0. The number of hydrogen-bond acceptors (Lipinski definition) is 1. The van der Waals surface area contributed by atoms with Crippen LogP contribution in [0.3, 0.4) is 0 Å². The summed E-state index contributed by atoms with van der Waals surface area (Å²) in [4.78, 5) is 0. The molecule has 23 heavy (non-hydrogen) atoms. The van der Waals surface area contributed by atoms with Crippen LogP contribution in [0.25, 0.3) is 0 Å². The van der Waals surface area contributed by atoms with Crippen molar-refractivity contribution in [1.82, 2.24) is 0 Å². The van der Waals surface area contributed by atoms with E-state index in [0.717, 1.165) is 17.4 Å². The second kappa shape index (κ2) is 10.5. The molecule has 0 N–H and O–H groups in total. The highest BCUT2D eigenvalue weighted by Crippen LogP contribution is 2.37. The molecule has 1 fully saturated rings. The standard InChI is InChI=1S/C22H33N/c1-2-3-4-5-6-7-8-19-9-13-21(14-10-19)22-15-11-20(12-16-22)17-18-23/h11-12,15-16,19,21H,2-10,13-14,17H2,1H3. The van der Waals surface area contributed by atoms with E-state index in [4.69, 9.17) is 5.26 Å². The van der Waals surface area contributed by atoms with Gasteiger partial charge >= 0.3 is 0 Å². The normalized spacial score (nSPS) is 21.0. The Bertz CT molecular complexity index is 460. The molecule has 0 amide bonds. The molecule has 0 spiro atoms. The van der Waals surface area contributed by atoms with E-state index in [9.17, 15) is 0 Å². The molecular formula is C22H33N. The molecule has 0 bridgehead atoms. The van der Waals surface area contributed by atoms with Gasteiger partial charge in [0.1, 0.15) is 0 Å². The summed E-state index contributed by atoms with van der Waals surface area (Å²) in [6.07, 6.45) is 16.1. The van der Waals surface area contributed by atoms with Crippen LogP contribution < -0.4 is 0 Å². The van der Waals surface area contributed by atoms with Gasteiger partial charge in [0, 0.05) is 0 Å². The highest BCUT2D eigenvalue weighted by Gasteiger charge is 2.21. The lowest BCUT2D eigenvalue weighted by Crippen LogP contribution is -2.13. The maximum atomic E-state index is 8.75. The molecule has 1 aliphatic rings. The first-order chi connectivity index (χ1) is 11.3. The second-order valence-electron chi connectivity index (χ2n) is 7.35. The molecule has 126 valence electrons.